The van der Waals surface area contributed by atoms with Crippen molar-refractivity contribution >= 4 is 5.91 Å². The molecule has 108 valence electrons. The standard InChI is InChI=1S/C13H21F2N3O/c1-3-13(4-2,9-16)17-12(19)10-6-5-7-18(10)8-11(14)15/h5-7,11H,3-4,8-9,16H2,1-2H3,(H,17,19). The molecule has 0 unspecified atom stereocenters. The molecule has 0 aliphatic rings. The summed E-state index contributed by atoms with van der Waals surface area (Å²) in [5, 5.41) is 2.87. The summed E-state index contributed by atoms with van der Waals surface area (Å²) >= 11 is 0. The molecular weight excluding hydrogens is 252 g/mol. The van der Waals surface area contributed by atoms with Crippen molar-refractivity contribution in [1.29, 1.82) is 0 Å². The van der Waals surface area contributed by atoms with Gasteiger partial charge in [0, 0.05) is 12.7 Å². The lowest BCUT2D eigenvalue weighted by atomic mass is 9.93. The second-order valence-electron chi connectivity index (χ2n) is 4.58. The molecule has 0 atom stereocenters. The van der Waals surface area contributed by atoms with E-state index in [0.717, 1.165) is 0 Å². The summed E-state index contributed by atoms with van der Waals surface area (Å²) in [6.45, 7) is 3.72. The molecule has 19 heavy (non-hydrogen) atoms. The first-order chi connectivity index (χ1) is 8.98. The Morgan fingerprint density at radius 3 is 2.58 bits per heavy atom. The highest BCUT2D eigenvalue weighted by Crippen LogP contribution is 2.15. The summed E-state index contributed by atoms with van der Waals surface area (Å²) < 4.78 is 26.1. The number of carbonyl (C=O) groups excluding carboxylic acids is 1. The number of hydrogen-bond donors (Lipinski definition) is 2. The van der Waals surface area contributed by atoms with Crippen LogP contribution in [0.2, 0.25) is 0 Å². The number of nitrogens with one attached hydrogen (secondary N) is 1. The molecule has 3 N–H and O–H groups in total. The van der Waals surface area contributed by atoms with Gasteiger partial charge in [0.2, 0.25) is 0 Å². The Kier molecular flexibility index (Phi) is 5.47. The van der Waals surface area contributed by atoms with Crippen molar-refractivity contribution in [1.82, 2.24) is 9.88 Å². The lowest BCUT2D eigenvalue weighted by Crippen LogP contribution is -2.53. The molecule has 1 amide bonds. The van der Waals surface area contributed by atoms with Gasteiger partial charge in [-0.3, -0.25) is 4.79 Å². The highest BCUT2D eigenvalue weighted by atomic mass is 19.3. The quantitative estimate of drug-likeness (QED) is 0.798. The lowest BCUT2D eigenvalue weighted by molar-refractivity contribution is 0.0873. The number of nitrogens with zero attached hydrogens (tertiary/aromatic N) is 1. The third-order valence-corrected chi connectivity index (χ3v) is 3.52. The Bertz CT molecular complexity index is 406. The Hall–Kier alpha value is -1.43. The molecule has 0 aliphatic heterocycles. The fourth-order valence-electron chi connectivity index (χ4n) is 2.00. The highest BCUT2D eigenvalue weighted by molar-refractivity contribution is 5.93. The van der Waals surface area contributed by atoms with Gasteiger partial charge in [-0.15, -0.1) is 0 Å². The van der Waals surface area contributed by atoms with Crippen molar-refractivity contribution < 1.29 is 13.6 Å². The molecule has 0 spiro atoms. The highest BCUT2D eigenvalue weighted by Gasteiger charge is 2.27. The van der Waals surface area contributed by atoms with Gasteiger partial charge in [-0.1, -0.05) is 13.8 Å². The minimum absolute atomic E-state index is 0.236. The Balaban J connectivity index is 2.86. The van der Waals surface area contributed by atoms with Crippen molar-refractivity contribution in [2.24, 2.45) is 5.73 Å². The van der Waals surface area contributed by atoms with Gasteiger partial charge in [-0.05, 0) is 25.0 Å². The molecule has 6 heteroatoms. The van der Waals surface area contributed by atoms with E-state index < -0.39 is 18.5 Å². The largest absolute Gasteiger partial charge is 0.344 e. The van der Waals surface area contributed by atoms with E-state index in [4.69, 9.17) is 5.73 Å². The van der Waals surface area contributed by atoms with E-state index in [1.807, 2.05) is 13.8 Å². The van der Waals surface area contributed by atoms with Gasteiger partial charge in [0.05, 0.1) is 12.1 Å². The van der Waals surface area contributed by atoms with E-state index in [0.29, 0.717) is 19.4 Å². The van der Waals surface area contributed by atoms with Gasteiger partial charge in [0.25, 0.3) is 12.3 Å². The number of aromatic nitrogens is 1. The monoisotopic (exact) mass is 273 g/mol. The molecule has 0 radical (unpaired) electrons. The average molecular weight is 273 g/mol. The molecule has 1 heterocycles. The van der Waals surface area contributed by atoms with Gasteiger partial charge >= 0.3 is 0 Å². The maximum atomic E-state index is 12.4. The summed E-state index contributed by atoms with van der Waals surface area (Å²) in [5.74, 6) is -0.361. The predicted molar refractivity (Wildman–Crippen MR) is 70.3 cm³/mol. The predicted octanol–water partition coefficient (Wildman–Crippen LogP) is 2.00. The molecule has 1 rings (SSSR count). The number of amides is 1. The van der Waals surface area contributed by atoms with Crippen LogP contribution in [-0.2, 0) is 6.54 Å². The lowest BCUT2D eigenvalue weighted by Gasteiger charge is -2.31. The van der Waals surface area contributed by atoms with Crippen LogP contribution in [0.5, 0.6) is 0 Å². The van der Waals surface area contributed by atoms with Crippen molar-refractivity contribution in [3.8, 4) is 0 Å². The van der Waals surface area contributed by atoms with Crippen molar-refractivity contribution in [2.75, 3.05) is 6.54 Å². The van der Waals surface area contributed by atoms with Gasteiger partial charge in [0.1, 0.15) is 5.69 Å². The molecule has 0 bridgehead atoms. The molecule has 1 aromatic heterocycles. The average Bonchev–Trinajstić information content (AvgIpc) is 2.83. The minimum atomic E-state index is -2.49. The number of alkyl halides is 2. The van der Waals surface area contributed by atoms with E-state index in [1.165, 1.54) is 16.8 Å². The Labute approximate surface area is 112 Å². The van der Waals surface area contributed by atoms with E-state index in [1.54, 1.807) is 6.07 Å². The number of halogens is 2. The summed E-state index contributed by atoms with van der Waals surface area (Å²) in [5.41, 5.74) is 5.47. The van der Waals surface area contributed by atoms with E-state index in [-0.39, 0.29) is 11.6 Å². The maximum absolute atomic E-state index is 12.4. The first-order valence-corrected chi connectivity index (χ1v) is 6.44. The van der Waals surface area contributed by atoms with E-state index in [2.05, 4.69) is 5.32 Å². The molecule has 0 saturated heterocycles. The summed E-state index contributed by atoms with van der Waals surface area (Å²) in [6, 6.07) is 3.11. The SMILES string of the molecule is CCC(CC)(CN)NC(=O)c1cccn1CC(F)F. The van der Waals surface area contributed by atoms with Gasteiger partial charge < -0.3 is 15.6 Å². The summed E-state index contributed by atoms with van der Waals surface area (Å²) in [7, 11) is 0. The summed E-state index contributed by atoms with van der Waals surface area (Å²) in [6.07, 6.45) is 0.377. The molecule has 4 nitrogen and oxygen atoms in total. The normalized spacial score (nSPS) is 11.9. The van der Waals surface area contributed by atoms with E-state index >= 15 is 0 Å². The molecule has 0 saturated carbocycles. The van der Waals surface area contributed by atoms with Crippen LogP contribution in [0, 0.1) is 0 Å². The Morgan fingerprint density at radius 1 is 1.47 bits per heavy atom. The minimum Gasteiger partial charge on any atom is -0.344 e. The topological polar surface area (TPSA) is 60.0 Å². The zero-order chi connectivity index (χ0) is 14.5. The number of carbonyl (C=O) groups is 1. The molecule has 0 aromatic carbocycles. The third-order valence-electron chi connectivity index (χ3n) is 3.52. The molecule has 1 aromatic rings. The Morgan fingerprint density at radius 2 is 2.11 bits per heavy atom. The number of nitrogens with two attached hydrogens (primary N) is 1. The van der Waals surface area contributed by atoms with Crippen LogP contribution in [0.3, 0.4) is 0 Å². The van der Waals surface area contributed by atoms with Crippen LogP contribution in [0.15, 0.2) is 18.3 Å². The fraction of sp³-hybridized carbons (Fsp3) is 0.615. The van der Waals surface area contributed by atoms with Crippen LogP contribution in [-0.4, -0.2) is 29.0 Å². The van der Waals surface area contributed by atoms with E-state index in [9.17, 15) is 13.6 Å². The summed E-state index contributed by atoms with van der Waals surface area (Å²) in [4.78, 5) is 12.2. The fourth-order valence-corrected chi connectivity index (χ4v) is 2.00. The molecule has 0 fully saturated rings. The van der Waals surface area contributed by atoms with Crippen LogP contribution in [0.1, 0.15) is 37.2 Å². The zero-order valence-corrected chi connectivity index (χ0v) is 11.3. The zero-order valence-electron chi connectivity index (χ0n) is 11.3. The first-order valence-electron chi connectivity index (χ1n) is 6.44. The van der Waals surface area contributed by atoms with Crippen LogP contribution in [0.25, 0.3) is 0 Å². The maximum Gasteiger partial charge on any atom is 0.268 e. The van der Waals surface area contributed by atoms with Crippen molar-refractivity contribution in [2.45, 2.75) is 45.2 Å². The van der Waals surface area contributed by atoms with Crippen molar-refractivity contribution in [3.05, 3.63) is 24.0 Å². The van der Waals surface area contributed by atoms with Gasteiger partial charge in [-0.2, -0.15) is 0 Å². The number of hydrogen-bond acceptors (Lipinski definition) is 2. The van der Waals surface area contributed by atoms with Gasteiger partial charge in [-0.25, -0.2) is 8.78 Å². The van der Waals surface area contributed by atoms with Crippen LogP contribution >= 0.6 is 0 Å². The first kappa shape index (κ1) is 15.6. The van der Waals surface area contributed by atoms with Crippen LogP contribution < -0.4 is 11.1 Å². The molecular formula is C13H21F2N3O. The van der Waals surface area contributed by atoms with Crippen molar-refractivity contribution in [3.63, 3.8) is 0 Å². The smallest absolute Gasteiger partial charge is 0.268 e. The number of rotatable bonds is 7. The van der Waals surface area contributed by atoms with Gasteiger partial charge in [0.15, 0.2) is 0 Å². The third kappa shape index (κ3) is 3.76. The molecule has 0 aliphatic carbocycles. The second-order valence-corrected chi connectivity index (χ2v) is 4.58. The second kappa shape index (κ2) is 6.65. The van der Waals surface area contributed by atoms with Crippen LogP contribution in [0.4, 0.5) is 8.78 Å².